The molecule has 0 spiro atoms. The Hall–Kier alpha value is -1.37. The second-order valence-electron chi connectivity index (χ2n) is 4.76. The molecule has 0 bridgehead atoms. The molecule has 82 valence electrons. The lowest BCUT2D eigenvalue weighted by Crippen LogP contribution is -2.06. The maximum atomic E-state index is 4.80. The van der Waals surface area contributed by atoms with E-state index in [0.717, 1.165) is 5.52 Å². The largest absolute Gasteiger partial charge is 0.253 e. The van der Waals surface area contributed by atoms with E-state index in [2.05, 4.69) is 36.4 Å². The minimum absolute atomic E-state index is 0.707. The molecule has 0 atom stereocenters. The zero-order valence-electron chi connectivity index (χ0n) is 9.52. The van der Waals surface area contributed by atoms with Gasteiger partial charge in [0.15, 0.2) is 0 Å². The third kappa shape index (κ3) is 1.82. The lowest BCUT2D eigenvalue weighted by molar-refractivity contribution is 0.437. The fourth-order valence-corrected chi connectivity index (χ4v) is 2.71. The van der Waals surface area contributed by atoms with Crippen LogP contribution < -0.4 is 0 Å². The topological polar surface area (TPSA) is 12.9 Å². The molecule has 0 amide bonds. The van der Waals surface area contributed by atoms with Crippen molar-refractivity contribution >= 4 is 10.9 Å². The number of hydrogen-bond acceptors (Lipinski definition) is 1. The van der Waals surface area contributed by atoms with Crippen LogP contribution in [0.15, 0.2) is 36.4 Å². The highest BCUT2D eigenvalue weighted by atomic mass is 14.7. The zero-order chi connectivity index (χ0) is 10.8. The van der Waals surface area contributed by atoms with Gasteiger partial charge in [-0.15, -0.1) is 0 Å². The third-order valence-electron chi connectivity index (χ3n) is 3.64. The fraction of sp³-hybridized carbons (Fsp3) is 0.400. The smallest absolute Gasteiger partial charge is 0.0705 e. The number of para-hydroxylation sites is 1. The van der Waals surface area contributed by atoms with Gasteiger partial charge in [-0.3, -0.25) is 4.98 Å². The van der Waals surface area contributed by atoms with Crippen molar-refractivity contribution in [1.82, 2.24) is 4.98 Å². The minimum atomic E-state index is 0.707. The molecular weight excluding hydrogens is 194 g/mol. The Bertz CT molecular complexity index is 484. The molecule has 0 aliphatic heterocycles. The van der Waals surface area contributed by atoms with Crippen molar-refractivity contribution in [3.8, 4) is 0 Å². The molecule has 1 saturated carbocycles. The standard InChI is InChI=1S/C15H17N/c1-2-6-12(7-3-1)15-11-10-13-8-4-5-9-14(13)16-15/h4-5,8-12H,1-3,6-7H2. The molecule has 3 rings (SSSR count). The van der Waals surface area contributed by atoms with E-state index in [1.54, 1.807) is 0 Å². The highest BCUT2D eigenvalue weighted by molar-refractivity contribution is 5.78. The Morgan fingerprint density at radius 1 is 0.875 bits per heavy atom. The highest BCUT2D eigenvalue weighted by Gasteiger charge is 2.16. The average Bonchev–Trinajstić information content (AvgIpc) is 2.39. The van der Waals surface area contributed by atoms with Gasteiger partial charge >= 0.3 is 0 Å². The number of aromatic nitrogens is 1. The van der Waals surface area contributed by atoms with Crippen LogP contribution in [0.25, 0.3) is 10.9 Å². The first-order valence-electron chi connectivity index (χ1n) is 6.29. The van der Waals surface area contributed by atoms with Gasteiger partial charge in [0.25, 0.3) is 0 Å². The van der Waals surface area contributed by atoms with Gasteiger partial charge in [-0.2, -0.15) is 0 Å². The Kier molecular flexibility index (Phi) is 2.61. The third-order valence-corrected chi connectivity index (χ3v) is 3.64. The zero-order valence-corrected chi connectivity index (χ0v) is 9.52. The molecule has 1 aliphatic rings. The summed E-state index contributed by atoms with van der Waals surface area (Å²) in [5, 5.41) is 1.25. The van der Waals surface area contributed by atoms with Crippen molar-refractivity contribution in [3.05, 3.63) is 42.1 Å². The molecule has 1 nitrogen and oxygen atoms in total. The molecule has 0 saturated heterocycles. The predicted octanol–water partition coefficient (Wildman–Crippen LogP) is 4.28. The maximum absolute atomic E-state index is 4.80. The van der Waals surface area contributed by atoms with Gasteiger partial charge in [-0.1, -0.05) is 43.5 Å². The lowest BCUT2D eigenvalue weighted by atomic mass is 9.86. The summed E-state index contributed by atoms with van der Waals surface area (Å²) >= 11 is 0. The first-order valence-corrected chi connectivity index (χ1v) is 6.29. The first-order chi connectivity index (χ1) is 7.93. The van der Waals surface area contributed by atoms with Crippen molar-refractivity contribution in [1.29, 1.82) is 0 Å². The van der Waals surface area contributed by atoms with Crippen LogP contribution in [0.4, 0.5) is 0 Å². The first kappa shape index (κ1) is 9.83. The summed E-state index contributed by atoms with van der Waals surface area (Å²) < 4.78 is 0. The normalized spacial score (nSPS) is 17.8. The van der Waals surface area contributed by atoms with E-state index in [1.165, 1.54) is 43.2 Å². The molecule has 0 unspecified atom stereocenters. The van der Waals surface area contributed by atoms with Crippen molar-refractivity contribution in [2.24, 2.45) is 0 Å². The van der Waals surface area contributed by atoms with Crippen molar-refractivity contribution in [3.63, 3.8) is 0 Å². The fourth-order valence-electron chi connectivity index (χ4n) is 2.71. The van der Waals surface area contributed by atoms with Crippen LogP contribution in [-0.4, -0.2) is 4.98 Å². The van der Waals surface area contributed by atoms with E-state index in [-0.39, 0.29) is 0 Å². The Morgan fingerprint density at radius 2 is 1.69 bits per heavy atom. The molecule has 1 aromatic heterocycles. The van der Waals surface area contributed by atoms with Crippen LogP contribution >= 0.6 is 0 Å². The van der Waals surface area contributed by atoms with E-state index in [9.17, 15) is 0 Å². The average molecular weight is 211 g/mol. The summed E-state index contributed by atoms with van der Waals surface area (Å²) in [5.74, 6) is 0.707. The van der Waals surface area contributed by atoms with E-state index in [0.29, 0.717) is 5.92 Å². The van der Waals surface area contributed by atoms with Gasteiger partial charge in [0.1, 0.15) is 0 Å². The predicted molar refractivity (Wildman–Crippen MR) is 67.6 cm³/mol. The Morgan fingerprint density at radius 3 is 2.56 bits per heavy atom. The van der Waals surface area contributed by atoms with Gasteiger partial charge in [-0.25, -0.2) is 0 Å². The van der Waals surface area contributed by atoms with E-state index in [1.807, 2.05) is 0 Å². The van der Waals surface area contributed by atoms with Crippen LogP contribution in [0.2, 0.25) is 0 Å². The highest BCUT2D eigenvalue weighted by Crippen LogP contribution is 2.32. The number of rotatable bonds is 1. The SMILES string of the molecule is c1ccc2nc(C3CCCCC3)ccc2c1. The van der Waals surface area contributed by atoms with Gasteiger partial charge in [0, 0.05) is 17.0 Å². The molecule has 16 heavy (non-hydrogen) atoms. The summed E-state index contributed by atoms with van der Waals surface area (Å²) in [4.78, 5) is 4.80. The molecule has 0 N–H and O–H groups in total. The monoisotopic (exact) mass is 211 g/mol. The van der Waals surface area contributed by atoms with Crippen LogP contribution in [0, 0.1) is 0 Å². The Balaban J connectivity index is 1.97. The quantitative estimate of drug-likeness (QED) is 0.686. The summed E-state index contributed by atoms with van der Waals surface area (Å²) in [6.07, 6.45) is 6.80. The van der Waals surface area contributed by atoms with E-state index >= 15 is 0 Å². The van der Waals surface area contributed by atoms with E-state index < -0.39 is 0 Å². The van der Waals surface area contributed by atoms with Crippen LogP contribution in [-0.2, 0) is 0 Å². The van der Waals surface area contributed by atoms with Crippen molar-refractivity contribution < 1.29 is 0 Å². The van der Waals surface area contributed by atoms with Gasteiger partial charge in [0.2, 0.25) is 0 Å². The molecule has 1 aliphatic carbocycles. The molecule has 1 heterocycles. The lowest BCUT2D eigenvalue weighted by Gasteiger charge is -2.21. The summed E-state index contributed by atoms with van der Waals surface area (Å²) in [6, 6.07) is 12.8. The number of fused-ring (bicyclic) bond motifs is 1. The number of benzene rings is 1. The van der Waals surface area contributed by atoms with Gasteiger partial charge in [-0.05, 0) is 25.0 Å². The molecule has 0 radical (unpaired) electrons. The van der Waals surface area contributed by atoms with Crippen LogP contribution in [0.3, 0.4) is 0 Å². The molecule has 1 heteroatoms. The summed E-state index contributed by atoms with van der Waals surface area (Å²) in [7, 11) is 0. The molecule has 2 aromatic rings. The van der Waals surface area contributed by atoms with Gasteiger partial charge in [0.05, 0.1) is 5.52 Å². The maximum Gasteiger partial charge on any atom is 0.0705 e. The van der Waals surface area contributed by atoms with Crippen LogP contribution in [0.1, 0.15) is 43.7 Å². The van der Waals surface area contributed by atoms with E-state index in [4.69, 9.17) is 4.98 Å². The number of pyridine rings is 1. The minimum Gasteiger partial charge on any atom is -0.253 e. The number of nitrogens with zero attached hydrogens (tertiary/aromatic N) is 1. The van der Waals surface area contributed by atoms with Crippen molar-refractivity contribution in [2.45, 2.75) is 38.0 Å². The second kappa shape index (κ2) is 4.25. The second-order valence-corrected chi connectivity index (χ2v) is 4.76. The molecular formula is C15H17N. The summed E-state index contributed by atoms with van der Waals surface area (Å²) in [6.45, 7) is 0. The molecule has 1 fully saturated rings. The van der Waals surface area contributed by atoms with Crippen LogP contribution in [0.5, 0.6) is 0 Å². The van der Waals surface area contributed by atoms with Gasteiger partial charge < -0.3 is 0 Å². The summed E-state index contributed by atoms with van der Waals surface area (Å²) in [5.41, 5.74) is 2.45. The van der Waals surface area contributed by atoms with Crippen molar-refractivity contribution in [2.75, 3.05) is 0 Å². The molecule has 1 aromatic carbocycles. The number of hydrogen-bond donors (Lipinski definition) is 0. The Labute approximate surface area is 96.5 Å².